The van der Waals surface area contributed by atoms with E-state index in [1.807, 2.05) is 60.7 Å². The van der Waals surface area contributed by atoms with Crippen molar-refractivity contribution in [1.82, 2.24) is 0 Å². The van der Waals surface area contributed by atoms with Gasteiger partial charge in [-0.1, -0.05) is 54.6 Å². The number of para-hydroxylation sites is 2. The Kier molecular flexibility index (Phi) is 8.41. The molecule has 1 aliphatic heterocycles. The van der Waals surface area contributed by atoms with Gasteiger partial charge in [-0.15, -0.1) is 0 Å². The summed E-state index contributed by atoms with van der Waals surface area (Å²) in [6.45, 7) is 2.90. The van der Waals surface area contributed by atoms with Crippen molar-refractivity contribution in [3.63, 3.8) is 0 Å². The molecule has 3 aromatic carbocycles. The van der Waals surface area contributed by atoms with Crippen molar-refractivity contribution >= 4 is 11.5 Å². The molecule has 6 nitrogen and oxygen atoms in total. The van der Waals surface area contributed by atoms with Gasteiger partial charge in [0.25, 0.3) is 0 Å². The molecule has 0 radical (unpaired) electrons. The normalized spacial score (nSPS) is 13.2. The van der Waals surface area contributed by atoms with E-state index in [9.17, 15) is 9.90 Å². The number of carboxylic acids is 1. The minimum atomic E-state index is -0.950. The molecule has 0 aromatic heterocycles. The molecular weight excluding hydrogens is 444 g/mol. The lowest BCUT2D eigenvalue weighted by Gasteiger charge is -2.21. The number of unbranched alkanes of at least 4 members (excludes halogenated alkanes) is 1. The smallest absolute Gasteiger partial charge is 0.333 e. The van der Waals surface area contributed by atoms with Crippen LogP contribution in [0.1, 0.15) is 36.5 Å². The number of ether oxygens (including phenoxy) is 4. The predicted octanol–water partition coefficient (Wildman–Crippen LogP) is 5.74. The average molecular weight is 475 g/mol. The molecule has 1 atom stereocenters. The van der Waals surface area contributed by atoms with Crippen molar-refractivity contribution in [3.8, 4) is 17.2 Å². The van der Waals surface area contributed by atoms with Gasteiger partial charge in [-0.05, 0) is 55.2 Å². The molecule has 3 aromatic rings. The Morgan fingerprint density at radius 1 is 0.971 bits per heavy atom. The number of rotatable bonds is 10. The molecule has 0 fully saturated rings. The van der Waals surface area contributed by atoms with Crippen molar-refractivity contribution in [2.75, 3.05) is 20.0 Å². The molecular formula is C29H30O6. The first-order valence-corrected chi connectivity index (χ1v) is 11.9. The molecule has 35 heavy (non-hydrogen) atoms. The van der Waals surface area contributed by atoms with E-state index in [2.05, 4.69) is 18.2 Å². The summed E-state index contributed by atoms with van der Waals surface area (Å²) in [5.74, 6) is 1.42. The predicted molar refractivity (Wildman–Crippen MR) is 134 cm³/mol. The highest BCUT2D eigenvalue weighted by Gasteiger charge is 2.19. The van der Waals surface area contributed by atoms with Crippen LogP contribution in [-0.4, -0.2) is 37.2 Å². The van der Waals surface area contributed by atoms with Gasteiger partial charge < -0.3 is 24.1 Å². The maximum Gasteiger partial charge on any atom is 0.333 e. The van der Waals surface area contributed by atoms with E-state index in [-0.39, 0.29) is 6.79 Å². The van der Waals surface area contributed by atoms with Gasteiger partial charge in [0.2, 0.25) is 6.79 Å². The summed E-state index contributed by atoms with van der Waals surface area (Å²) in [5.41, 5.74) is 4.08. The Labute approximate surface area is 205 Å². The first-order valence-electron chi connectivity index (χ1n) is 11.9. The zero-order chi connectivity index (χ0) is 24.5. The van der Waals surface area contributed by atoms with Crippen LogP contribution < -0.4 is 14.2 Å². The summed E-state index contributed by atoms with van der Waals surface area (Å²) in [4.78, 5) is 11.3. The summed E-state index contributed by atoms with van der Waals surface area (Å²) in [5, 5.41) is 9.25. The van der Waals surface area contributed by atoms with Gasteiger partial charge in [-0.3, -0.25) is 0 Å². The molecule has 0 aliphatic carbocycles. The maximum absolute atomic E-state index is 11.3. The van der Waals surface area contributed by atoms with Crippen LogP contribution in [0.3, 0.4) is 0 Å². The third-order valence-electron chi connectivity index (χ3n) is 5.74. The number of fused-ring (bicyclic) bond motifs is 2. The van der Waals surface area contributed by atoms with Gasteiger partial charge in [-0.2, -0.15) is 0 Å². The second kappa shape index (κ2) is 12.1. The number of aliphatic carboxylic acids is 1. The molecule has 0 bridgehead atoms. The number of allylic oxidation sites excluding steroid dienone is 1. The molecule has 1 aliphatic rings. The van der Waals surface area contributed by atoms with Crippen molar-refractivity contribution in [3.05, 3.63) is 95.6 Å². The molecule has 182 valence electrons. The van der Waals surface area contributed by atoms with E-state index < -0.39 is 12.1 Å². The average Bonchev–Trinajstić information content (AvgIpc) is 2.86. The summed E-state index contributed by atoms with van der Waals surface area (Å²) >= 11 is 0. The molecule has 1 unspecified atom stereocenters. The fourth-order valence-electron chi connectivity index (χ4n) is 4.03. The highest BCUT2D eigenvalue weighted by molar-refractivity contribution is 5.85. The van der Waals surface area contributed by atoms with E-state index in [1.165, 1.54) is 0 Å². The summed E-state index contributed by atoms with van der Waals surface area (Å²) in [6, 6.07) is 23.5. The van der Waals surface area contributed by atoms with Crippen LogP contribution in [0.2, 0.25) is 0 Å². The molecule has 0 amide bonds. The molecule has 1 N–H and O–H groups in total. The monoisotopic (exact) mass is 474 g/mol. The summed E-state index contributed by atoms with van der Waals surface area (Å²) in [6.07, 6.45) is 3.36. The lowest BCUT2D eigenvalue weighted by molar-refractivity contribution is -0.149. The Balaban J connectivity index is 1.37. The lowest BCUT2D eigenvalue weighted by atomic mass is 9.94. The number of benzene rings is 3. The molecule has 4 rings (SSSR count). The van der Waals surface area contributed by atoms with Crippen LogP contribution in [0.25, 0.3) is 5.57 Å². The lowest BCUT2D eigenvalue weighted by Crippen LogP contribution is -2.26. The van der Waals surface area contributed by atoms with Crippen LogP contribution in [-0.2, 0) is 16.0 Å². The van der Waals surface area contributed by atoms with Crippen LogP contribution in [0.5, 0.6) is 17.2 Å². The van der Waals surface area contributed by atoms with Gasteiger partial charge >= 0.3 is 5.97 Å². The minimum absolute atomic E-state index is 0.177. The standard InChI is InChI=1S/C29H30O6/c1-2-32-28(29(30)31)19-21-14-16-22(17-15-21)33-18-8-7-9-23-24-10-3-5-12-26(24)34-20-35-27-13-6-4-11-25(23)27/h3-6,9-17,28H,2,7-8,18-20H2,1H3,(H,30,31). The van der Waals surface area contributed by atoms with E-state index in [4.69, 9.17) is 18.9 Å². The minimum Gasteiger partial charge on any atom is -0.494 e. The number of hydrogen-bond acceptors (Lipinski definition) is 5. The van der Waals surface area contributed by atoms with Crippen LogP contribution in [0, 0.1) is 0 Å². The highest BCUT2D eigenvalue weighted by atomic mass is 16.7. The van der Waals surface area contributed by atoms with Gasteiger partial charge in [0.05, 0.1) is 6.61 Å². The van der Waals surface area contributed by atoms with E-state index >= 15 is 0 Å². The largest absolute Gasteiger partial charge is 0.494 e. The fourth-order valence-corrected chi connectivity index (χ4v) is 4.03. The quantitative estimate of drug-likeness (QED) is 0.378. The molecule has 0 saturated heterocycles. The Hall–Kier alpha value is -3.77. The van der Waals surface area contributed by atoms with Crippen LogP contribution >= 0.6 is 0 Å². The molecule has 6 heteroatoms. The molecule has 1 heterocycles. The first kappa shape index (κ1) is 24.4. The van der Waals surface area contributed by atoms with Crippen LogP contribution in [0.15, 0.2) is 78.9 Å². The van der Waals surface area contributed by atoms with Gasteiger partial charge in [0, 0.05) is 24.2 Å². The van der Waals surface area contributed by atoms with Crippen molar-refractivity contribution in [1.29, 1.82) is 0 Å². The first-order chi connectivity index (χ1) is 17.2. The number of carboxylic acid groups (broad SMARTS) is 1. The third kappa shape index (κ3) is 6.43. The topological polar surface area (TPSA) is 74.2 Å². The highest BCUT2D eigenvalue weighted by Crippen LogP contribution is 2.37. The van der Waals surface area contributed by atoms with Gasteiger partial charge in [-0.25, -0.2) is 4.79 Å². The van der Waals surface area contributed by atoms with Crippen LogP contribution in [0.4, 0.5) is 0 Å². The van der Waals surface area contributed by atoms with Crippen molar-refractivity contribution in [2.45, 2.75) is 32.3 Å². The van der Waals surface area contributed by atoms with E-state index in [0.29, 0.717) is 19.6 Å². The zero-order valence-electron chi connectivity index (χ0n) is 19.8. The molecule has 0 saturated carbocycles. The Morgan fingerprint density at radius 2 is 1.60 bits per heavy atom. The summed E-state index contributed by atoms with van der Waals surface area (Å²) < 4.78 is 22.9. The summed E-state index contributed by atoms with van der Waals surface area (Å²) in [7, 11) is 0. The number of carbonyl (C=O) groups is 1. The fraction of sp³-hybridized carbons (Fsp3) is 0.276. The van der Waals surface area contributed by atoms with Gasteiger partial charge in [0.15, 0.2) is 6.10 Å². The van der Waals surface area contributed by atoms with Gasteiger partial charge in [0.1, 0.15) is 17.2 Å². The van der Waals surface area contributed by atoms with Crippen molar-refractivity contribution < 1.29 is 28.8 Å². The zero-order valence-corrected chi connectivity index (χ0v) is 19.8. The number of hydrogen-bond donors (Lipinski definition) is 1. The Bertz CT molecular complexity index is 1100. The van der Waals surface area contributed by atoms with E-state index in [1.54, 1.807) is 6.92 Å². The molecule has 0 spiro atoms. The Morgan fingerprint density at radius 3 is 2.20 bits per heavy atom. The van der Waals surface area contributed by atoms with Crippen molar-refractivity contribution in [2.24, 2.45) is 0 Å². The van der Waals surface area contributed by atoms with E-state index in [0.717, 1.165) is 52.4 Å². The third-order valence-corrected chi connectivity index (χ3v) is 5.74. The second-order valence-electron chi connectivity index (χ2n) is 8.14. The second-order valence-corrected chi connectivity index (χ2v) is 8.14. The SMILES string of the molecule is CCOC(Cc1ccc(OCCCC=C2c3ccccc3OCOc3ccccc32)cc1)C(=O)O. The maximum atomic E-state index is 11.3.